The van der Waals surface area contributed by atoms with Crippen LogP contribution >= 0.6 is 23.2 Å². The average Bonchev–Trinajstić information content (AvgIpc) is 2.92. The topological polar surface area (TPSA) is 86.8 Å². The number of rotatable bonds is 14. The molecule has 1 atom stereocenters. The van der Waals surface area contributed by atoms with Crippen molar-refractivity contribution in [2.75, 3.05) is 23.7 Å². The molecule has 0 heterocycles. The number of sulfonamides is 1. The molecule has 10 heteroatoms. The minimum absolute atomic E-state index is 0.0446. The van der Waals surface area contributed by atoms with Gasteiger partial charge in [-0.25, -0.2) is 8.42 Å². The predicted molar refractivity (Wildman–Crippen MR) is 167 cm³/mol. The van der Waals surface area contributed by atoms with Gasteiger partial charge in [-0.05, 0) is 53.8 Å². The van der Waals surface area contributed by atoms with Crippen LogP contribution in [-0.4, -0.2) is 50.5 Å². The van der Waals surface area contributed by atoms with Gasteiger partial charge < -0.3 is 10.2 Å². The molecule has 0 radical (unpaired) electrons. The van der Waals surface area contributed by atoms with Crippen LogP contribution in [-0.2, 0) is 32.6 Å². The molecule has 0 saturated heterocycles. The Bertz CT molecular complexity index is 1400. The summed E-state index contributed by atoms with van der Waals surface area (Å²) < 4.78 is 26.4. The number of carbonyl (C=O) groups excluding carboxylic acids is 2. The minimum atomic E-state index is -3.62. The van der Waals surface area contributed by atoms with Gasteiger partial charge in [-0.3, -0.25) is 13.9 Å². The van der Waals surface area contributed by atoms with Crippen LogP contribution in [0.2, 0.25) is 10.0 Å². The van der Waals surface area contributed by atoms with Gasteiger partial charge in [0.15, 0.2) is 0 Å². The summed E-state index contributed by atoms with van der Waals surface area (Å²) in [5.41, 5.74) is 2.19. The van der Waals surface area contributed by atoms with Crippen molar-refractivity contribution in [3.8, 4) is 0 Å². The molecule has 220 valence electrons. The highest BCUT2D eigenvalue weighted by molar-refractivity contribution is 7.92. The van der Waals surface area contributed by atoms with E-state index in [1.54, 1.807) is 41.3 Å². The highest BCUT2D eigenvalue weighted by Gasteiger charge is 2.30. The molecular formula is C31H37Cl2N3O4S. The molecule has 3 aromatic rings. The molecule has 1 N–H and O–H groups in total. The van der Waals surface area contributed by atoms with E-state index in [1.807, 2.05) is 56.3 Å². The van der Waals surface area contributed by atoms with Crippen molar-refractivity contribution in [2.45, 2.75) is 45.7 Å². The van der Waals surface area contributed by atoms with Crippen LogP contribution < -0.4 is 9.62 Å². The second-order valence-corrected chi connectivity index (χ2v) is 13.2. The number of carbonyl (C=O) groups is 2. The Kier molecular flexibility index (Phi) is 12.1. The molecule has 0 aliphatic rings. The second kappa shape index (κ2) is 15.2. The summed E-state index contributed by atoms with van der Waals surface area (Å²) in [6, 6.07) is 22.6. The van der Waals surface area contributed by atoms with Crippen LogP contribution in [0.5, 0.6) is 0 Å². The fourth-order valence-corrected chi connectivity index (χ4v) is 5.67. The Balaban J connectivity index is 1.87. The summed E-state index contributed by atoms with van der Waals surface area (Å²) in [5.74, 6) is -0.244. The number of anilines is 1. The number of hydrogen-bond donors (Lipinski definition) is 1. The molecular weight excluding hydrogens is 581 g/mol. The number of hydrogen-bond acceptors (Lipinski definition) is 4. The molecule has 1 unspecified atom stereocenters. The van der Waals surface area contributed by atoms with E-state index in [0.717, 1.165) is 17.4 Å². The molecule has 41 heavy (non-hydrogen) atoms. The smallest absolute Gasteiger partial charge is 0.243 e. The molecule has 0 bridgehead atoms. The SMILES string of the molecule is CC(C)CNC(=O)C(Cc1ccccc1)N(Cc1ccc(Cl)cc1)C(=O)CCCN(c1cccc(Cl)c1)S(C)(=O)=O. The zero-order chi connectivity index (χ0) is 30.0. The molecule has 0 aromatic heterocycles. The fraction of sp³-hybridized carbons (Fsp3) is 0.355. The van der Waals surface area contributed by atoms with Crippen molar-refractivity contribution < 1.29 is 18.0 Å². The second-order valence-electron chi connectivity index (χ2n) is 10.4. The third-order valence-electron chi connectivity index (χ3n) is 6.47. The molecule has 0 spiro atoms. The predicted octanol–water partition coefficient (Wildman–Crippen LogP) is 5.95. The largest absolute Gasteiger partial charge is 0.354 e. The van der Waals surface area contributed by atoms with Crippen molar-refractivity contribution in [3.05, 3.63) is 100 Å². The van der Waals surface area contributed by atoms with Crippen molar-refractivity contribution in [1.29, 1.82) is 0 Å². The van der Waals surface area contributed by atoms with Gasteiger partial charge in [0.05, 0.1) is 11.9 Å². The average molecular weight is 619 g/mol. The maximum atomic E-state index is 13.8. The summed E-state index contributed by atoms with van der Waals surface area (Å²) in [6.45, 7) is 4.79. The molecule has 3 rings (SSSR count). The highest BCUT2D eigenvalue weighted by Crippen LogP contribution is 2.23. The lowest BCUT2D eigenvalue weighted by Crippen LogP contribution is -2.51. The van der Waals surface area contributed by atoms with E-state index in [-0.39, 0.29) is 43.7 Å². The van der Waals surface area contributed by atoms with Gasteiger partial charge >= 0.3 is 0 Å². The van der Waals surface area contributed by atoms with Gasteiger partial charge in [0.1, 0.15) is 6.04 Å². The Morgan fingerprint density at radius 1 is 0.878 bits per heavy atom. The van der Waals surface area contributed by atoms with Crippen molar-refractivity contribution in [3.63, 3.8) is 0 Å². The number of nitrogens with zero attached hydrogens (tertiary/aromatic N) is 2. The number of halogens is 2. The maximum Gasteiger partial charge on any atom is 0.243 e. The first-order valence-corrected chi connectivity index (χ1v) is 16.1. The molecule has 0 aliphatic carbocycles. The van der Waals surface area contributed by atoms with Crippen molar-refractivity contribution in [2.24, 2.45) is 5.92 Å². The quantitative estimate of drug-likeness (QED) is 0.242. The van der Waals surface area contributed by atoms with Crippen molar-refractivity contribution in [1.82, 2.24) is 10.2 Å². The summed E-state index contributed by atoms with van der Waals surface area (Å²) in [7, 11) is -3.62. The van der Waals surface area contributed by atoms with Crippen LogP contribution in [0, 0.1) is 5.92 Å². The van der Waals surface area contributed by atoms with Crippen LogP contribution in [0.15, 0.2) is 78.9 Å². The monoisotopic (exact) mass is 617 g/mol. The lowest BCUT2D eigenvalue weighted by molar-refractivity contribution is -0.141. The fourth-order valence-electron chi connectivity index (χ4n) is 4.40. The summed E-state index contributed by atoms with van der Waals surface area (Å²) in [4.78, 5) is 29.0. The van der Waals surface area contributed by atoms with Crippen LogP contribution in [0.1, 0.15) is 37.8 Å². The summed E-state index contributed by atoms with van der Waals surface area (Å²) >= 11 is 12.2. The maximum absolute atomic E-state index is 13.8. The molecule has 0 saturated carbocycles. The molecule has 2 amide bonds. The standard InChI is InChI=1S/C31H37Cl2N3O4S/c1-23(2)21-34-31(38)29(19-24-9-5-4-6-10-24)35(22-25-14-16-26(32)17-15-25)30(37)13-8-18-36(41(3,39)40)28-12-7-11-27(33)20-28/h4-7,9-12,14-17,20,23,29H,8,13,18-19,21-22H2,1-3H3,(H,34,38). The highest BCUT2D eigenvalue weighted by atomic mass is 35.5. The van der Waals surface area contributed by atoms with E-state index in [1.165, 1.54) is 4.31 Å². The zero-order valence-corrected chi connectivity index (χ0v) is 25.9. The molecule has 7 nitrogen and oxygen atoms in total. The Morgan fingerprint density at radius 3 is 2.17 bits per heavy atom. The molecule has 0 fully saturated rings. The van der Waals surface area contributed by atoms with E-state index in [0.29, 0.717) is 28.7 Å². The van der Waals surface area contributed by atoms with Gasteiger partial charge in [0.25, 0.3) is 0 Å². The van der Waals surface area contributed by atoms with E-state index < -0.39 is 16.1 Å². The third-order valence-corrected chi connectivity index (χ3v) is 8.15. The number of nitrogens with one attached hydrogen (secondary N) is 1. The van der Waals surface area contributed by atoms with Gasteiger partial charge in [-0.1, -0.05) is 85.6 Å². The Hall–Kier alpha value is -3.07. The number of benzene rings is 3. The molecule has 0 aliphatic heterocycles. The first-order valence-electron chi connectivity index (χ1n) is 13.5. The van der Waals surface area contributed by atoms with E-state index in [9.17, 15) is 18.0 Å². The van der Waals surface area contributed by atoms with E-state index in [2.05, 4.69) is 5.32 Å². The normalized spacial score (nSPS) is 12.1. The van der Waals surface area contributed by atoms with Gasteiger partial charge in [0.2, 0.25) is 21.8 Å². The van der Waals surface area contributed by atoms with Gasteiger partial charge in [0, 0.05) is 42.5 Å². The third kappa shape index (κ3) is 10.4. The van der Waals surface area contributed by atoms with Gasteiger partial charge in [-0.15, -0.1) is 0 Å². The first-order chi connectivity index (χ1) is 19.4. The lowest BCUT2D eigenvalue weighted by atomic mass is 10.0. The lowest BCUT2D eigenvalue weighted by Gasteiger charge is -2.32. The zero-order valence-electron chi connectivity index (χ0n) is 23.6. The first kappa shape index (κ1) is 32.4. The summed E-state index contributed by atoms with van der Waals surface area (Å²) in [5, 5.41) is 3.99. The number of amides is 2. The van der Waals surface area contributed by atoms with Crippen LogP contribution in [0.25, 0.3) is 0 Å². The Morgan fingerprint density at radius 2 is 1.56 bits per heavy atom. The summed E-state index contributed by atoms with van der Waals surface area (Å²) in [6.07, 6.45) is 1.75. The van der Waals surface area contributed by atoms with Crippen LogP contribution in [0.4, 0.5) is 5.69 Å². The van der Waals surface area contributed by atoms with Gasteiger partial charge in [-0.2, -0.15) is 0 Å². The van der Waals surface area contributed by atoms with E-state index in [4.69, 9.17) is 23.2 Å². The van der Waals surface area contributed by atoms with Crippen molar-refractivity contribution >= 4 is 50.7 Å². The minimum Gasteiger partial charge on any atom is -0.354 e. The Labute approximate surface area is 253 Å². The molecule has 3 aromatic carbocycles. The van der Waals surface area contributed by atoms with E-state index >= 15 is 0 Å². The van der Waals surface area contributed by atoms with Crippen LogP contribution in [0.3, 0.4) is 0 Å².